The first-order valence-corrected chi connectivity index (χ1v) is 14.6. The number of hydrogen-bond acceptors (Lipinski definition) is 9. The molecule has 5 aromatic heterocycles. The largest absolute Gasteiger partial charge is 0.329 e. The third-order valence-corrected chi connectivity index (χ3v) is 7.66. The van der Waals surface area contributed by atoms with Gasteiger partial charge in [0.2, 0.25) is 6.41 Å². The topological polar surface area (TPSA) is 118 Å². The van der Waals surface area contributed by atoms with Crippen molar-refractivity contribution in [3.8, 4) is 11.3 Å². The van der Waals surface area contributed by atoms with Crippen LogP contribution in [0, 0.1) is 19.8 Å². The van der Waals surface area contributed by atoms with Crippen LogP contribution in [0.15, 0.2) is 49.2 Å². The average molecular weight is 573 g/mol. The van der Waals surface area contributed by atoms with Crippen molar-refractivity contribution in [2.24, 2.45) is 5.92 Å². The molecule has 1 saturated heterocycles. The van der Waals surface area contributed by atoms with Crippen molar-refractivity contribution in [3.05, 3.63) is 66.3 Å². The molecular formula is C29H36N10OS. The van der Waals surface area contributed by atoms with E-state index in [1.54, 1.807) is 18.3 Å². The van der Waals surface area contributed by atoms with Gasteiger partial charge in [-0.1, -0.05) is 6.92 Å². The number of fused-ring (bicyclic) bond motifs is 1. The molecule has 2 N–H and O–H groups in total. The molecule has 5 aromatic rings. The highest BCUT2D eigenvalue weighted by atomic mass is 32.1. The van der Waals surface area contributed by atoms with Crippen LogP contribution in [0.3, 0.4) is 0 Å². The van der Waals surface area contributed by atoms with Gasteiger partial charge in [0.05, 0.1) is 29.5 Å². The molecule has 6 heterocycles. The molecule has 41 heavy (non-hydrogen) atoms. The number of hydrogen-bond donors (Lipinski definition) is 2. The van der Waals surface area contributed by atoms with E-state index in [9.17, 15) is 4.79 Å². The lowest BCUT2D eigenvalue weighted by Gasteiger charge is -2.30. The summed E-state index contributed by atoms with van der Waals surface area (Å²) < 4.78 is 8.67. The highest BCUT2D eigenvalue weighted by Gasteiger charge is 2.18. The first kappa shape index (κ1) is 28.4. The Morgan fingerprint density at radius 3 is 2.78 bits per heavy atom. The molecule has 0 saturated carbocycles. The average Bonchev–Trinajstić information content (AvgIpc) is 3.69. The van der Waals surface area contributed by atoms with E-state index < -0.39 is 0 Å². The second kappa shape index (κ2) is 13.0. The zero-order valence-electron chi connectivity index (χ0n) is 23.9. The van der Waals surface area contributed by atoms with Crippen LogP contribution in [-0.2, 0) is 17.9 Å². The number of aryl methyl sites for hydroxylation is 3. The lowest BCUT2D eigenvalue weighted by Crippen LogP contribution is -2.33. The summed E-state index contributed by atoms with van der Waals surface area (Å²) in [7, 11) is 0. The number of carbonyl (C=O) groups excluding carboxylic acids is 1. The Labute approximate surface area is 243 Å². The molecule has 0 aromatic carbocycles. The van der Waals surface area contributed by atoms with Crippen molar-refractivity contribution >= 4 is 40.1 Å². The van der Waals surface area contributed by atoms with Crippen LogP contribution in [0.5, 0.6) is 0 Å². The molecule has 6 rings (SSSR count). The van der Waals surface area contributed by atoms with Crippen LogP contribution in [0.4, 0.5) is 16.5 Å². The van der Waals surface area contributed by atoms with Crippen LogP contribution in [-0.4, -0.2) is 57.9 Å². The Hall–Kier alpha value is -4.16. The van der Waals surface area contributed by atoms with Gasteiger partial charge in [-0.25, -0.2) is 9.97 Å². The molecule has 1 aliphatic rings. The number of pyridine rings is 1. The van der Waals surface area contributed by atoms with E-state index in [0.29, 0.717) is 6.41 Å². The van der Waals surface area contributed by atoms with Crippen LogP contribution in [0.2, 0.25) is 0 Å². The summed E-state index contributed by atoms with van der Waals surface area (Å²) in [6, 6.07) is 5.68. The number of imidazole rings is 1. The van der Waals surface area contributed by atoms with Gasteiger partial charge < -0.3 is 10.6 Å². The molecule has 0 bridgehead atoms. The van der Waals surface area contributed by atoms with Crippen LogP contribution in [0.25, 0.3) is 16.9 Å². The number of anilines is 3. The fourth-order valence-electron chi connectivity index (χ4n) is 5.00. The van der Waals surface area contributed by atoms with E-state index in [-0.39, 0.29) is 0 Å². The zero-order valence-corrected chi connectivity index (χ0v) is 24.7. The second-order valence-electron chi connectivity index (χ2n) is 10.4. The molecular weight excluding hydrogens is 536 g/mol. The highest BCUT2D eigenvalue weighted by Crippen LogP contribution is 2.28. The second-order valence-corrected chi connectivity index (χ2v) is 11.2. The quantitative estimate of drug-likeness (QED) is 0.240. The van der Waals surface area contributed by atoms with Gasteiger partial charge in [-0.05, 0) is 75.8 Å². The number of likely N-dealkylation sites (tertiary alicyclic amines) is 1. The number of aromatic nitrogens is 7. The van der Waals surface area contributed by atoms with Crippen molar-refractivity contribution < 1.29 is 4.79 Å². The van der Waals surface area contributed by atoms with E-state index in [0.717, 1.165) is 82.6 Å². The third-order valence-electron chi connectivity index (χ3n) is 6.92. The smallest absolute Gasteiger partial charge is 0.211 e. The lowest BCUT2D eigenvalue weighted by atomic mass is 10.0. The Morgan fingerprint density at radius 2 is 2.02 bits per heavy atom. The van der Waals surface area contributed by atoms with Gasteiger partial charge in [0, 0.05) is 55.2 Å². The van der Waals surface area contributed by atoms with E-state index in [4.69, 9.17) is 4.98 Å². The Balaban J connectivity index is 0.000000287. The van der Waals surface area contributed by atoms with Gasteiger partial charge >= 0.3 is 0 Å². The predicted octanol–water partition coefficient (Wildman–Crippen LogP) is 5.31. The molecule has 0 aliphatic carbocycles. The summed E-state index contributed by atoms with van der Waals surface area (Å²) in [5.74, 6) is 1.52. The maximum absolute atomic E-state index is 9.95. The van der Waals surface area contributed by atoms with Gasteiger partial charge in [-0.3, -0.25) is 23.8 Å². The van der Waals surface area contributed by atoms with Crippen molar-refractivity contribution in [2.75, 3.05) is 23.7 Å². The van der Waals surface area contributed by atoms with Gasteiger partial charge in [0.15, 0.2) is 11.5 Å². The van der Waals surface area contributed by atoms with Gasteiger partial charge in [-0.2, -0.15) is 9.47 Å². The number of piperidine rings is 1. The molecule has 11 nitrogen and oxygen atoms in total. The zero-order chi connectivity index (χ0) is 28.8. The first-order chi connectivity index (χ1) is 19.9. The first-order valence-electron chi connectivity index (χ1n) is 13.9. The molecule has 1 atom stereocenters. The summed E-state index contributed by atoms with van der Waals surface area (Å²) >= 11 is 1.48. The van der Waals surface area contributed by atoms with E-state index in [2.05, 4.69) is 59.3 Å². The standard InChI is InChI=1S/C22H28N8S.C7H8N2O/c1-4-29-13-17(9-24-29)19-10-23-22-21(25-16(3)12-30(19)22)26-20-8-18(27-31-20)14-28-7-5-6-15(2)11-28;1-6-4-7(9-5-10)2-3-8-6/h8-10,12-13,15H,4-7,11,14H2,1-3H3,(H,25,26);2-5H,1H3,(H,8,9,10). The molecule has 1 fully saturated rings. The predicted molar refractivity (Wildman–Crippen MR) is 162 cm³/mol. The van der Waals surface area contributed by atoms with Crippen LogP contribution in [0.1, 0.15) is 43.8 Å². The summed E-state index contributed by atoms with van der Waals surface area (Å²) in [6.07, 6.45) is 12.7. The third kappa shape index (κ3) is 7.14. The molecule has 1 aliphatic heterocycles. The van der Waals surface area contributed by atoms with E-state index in [1.807, 2.05) is 43.3 Å². The Kier molecular flexibility index (Phi) is 9.00. The molecule has 1 unspecified atom stereocenters. The van der Waals surface area contributed by atoms with Crippen LogP contribution < -0.4 is 10.6 Å². The number of carbonyl (C=O) groups is 1. The van der Waals surface area contributed by atoms with Crippen molar-refractivity contribution in [2.45, 2.75) is 53.6 Å². The fourth-order valence-corrected chi connectivity index (χ4v) is 5.66. The number of amides is 1. The van der Waals surface area contributed by atoms with E-state index >= 15 is 0 Å². The van der Waals surface area contributed by atoms with Crippen LogP contribution >= 0.6 is 11.5 Å². The van der Waals surface area contributed by atoms with Gasteiger partial charge in [0.1, 0.15) is 5.00 Å². The Bertz CT molecular complexity index is 1610. The van der Waals surface area contributed by atoms with E-state index in [1.165, 1.54) is 24.4 Å². The maximum atomic E-state index is 9.95. The molecule has 12 heteroatoms. The monoisotopic (exact) mass is 572 g/mol. The van der Waals surface area contributed by atoms with Gasteiger partial charge in [0.25, 0.3) is 0 Å². The fraction of sp³-hybridized carbons (Fsp3) is 0.379. The minimum atomic E-state index is 0.648. The molecule has 0 radical (unpaired) electrons. The summed E-state index contributed by atoms with van der Waals surface area (Å²) in [5.41, 5.74) is 6.55. The number of rotatable bonds is 8. The number of nitrogens with zero attached hydrogens (tertiary/aromatic N) is 8. The summed E-state index contributed by atoms with van der Waals surface area (Å²) in [6.45, 7) is 12.4. The summed E-state index contributed by atoms with van der Waals surface area (Å²) in [4.78, 5) is 25.8. The lowest BCUT2D eigenvalue weighted by molar-refractivity contribution is -0.105. The molecule has 0 spiro atoms. The maximum Gasteiger partial charge on any atom is 0.211 e. The molecule has 1 amide bonds. The Morgan fingerprint density at radius 1 is 1.15 bits per heavy atom. The van der Waals surface area contributed by atoms with Gasteiger partial charge in [-0.15, -0.1) is 0 Å². The SMILES string of the molecule is CCn1cc(-c2cnc3c(Nc4cc(CN5CCCC(C)C5)ns4)nc(C)cn23)cn1.Cc1cc(NC=O)ccn1. The molecule has 214 valence electrons. The van der Waals surface area contributed by atoms with Crippen molar-refractivity contribution in [1.82, 2.24) is 38.4 Å². The summed E-state index contributed by atoms with van der Waals surface area (Å²) in [5, 5.41) is 11.4. The number of nitrogens with one attached hydrogen (secondary N) is 2. The highest BCUT2D eigenvalue weighted by molar-refractivity contribution is 7.10. The van der Waals surface area contributed by atoms with Crippen molar-refractivity contribution in [3.63, 3.8) is 0 Å². The van der Waals surface area contributed by atoms with Crippen molar-refractivity contribution in [1.29, 1.82) is 0 Å². The normalized spacial score (nSPS) is 15.4. The minimum absolute atomic E-state index is 0.648. The minimum Gasteiger partial charge on any atom is -0.329 e.